The Balaban J connectivity index is 2.20. The van der Waals surface area contributed by atoms with E-state index in [2.05, 4.69) is 15.6 Å². The normalized spacial score (nSPS) is 27.2. The van der Waals surface area contributed by atoms with Crippen LogP contribution in [-0.2, 0) is 4.79 Å². The Hall–Kier alpha value is -1.36. The average Bonchev–Trinajstić information content (AvgIpc) is 2.17. The van der Waals surface area contributed by atoms with Gasteiger partial charge in [0.1, 0.15) is 11.9 Å². The molecule has 2 rings (SSSR count). The number of nitrogens with one attached hydrogen (secondary N) is 2. The Morgan fingerprint density at radius 3 is 3.50 bits per heavy atom. The molecule has 0 aromatic heterocycles. The van der Waals surface area contributed by atoms with E-state index in [1.54, 1.807) is 17.3 Å². The predicted molar refractivity (Wildman–Crippen MR) is 44.3 cm³/mol. The Morgan fingerprint density at radius 1 is 1.75 bits per heavy atom. The molecular weight excluding hydrogens is 156 g/mol. The molecule has 1 atom stereocenters. The summed E-state index contributed by atoms with van der Waals surface area (Å²) in [7, 11) is 0. The average molecular weight is 166 g/mol. The molecule has 2 N–H and O–H groups in total. The maximum atomic E-state index is 10.6. The van der Waals surface area contributed by atoms with E-state index < -0.39 is 0 Å². The fourth-order valence-corrected chi connectivity index (χ4v) is 1.36. The summed E-state index contributed by atoms with van der Waals surface area (Å²) in [5.41, 5.74) is 0. The highest BCUT2D eigenvalue weighted by atomic mass is 16.1. The molecule has 0 aromatic rings. The Bertz CT molecular complexity index is 248. The van der Waals surface area contributed by atoms with Gasteiger partial charge in [-0.1, -0.05) is 0 Å². The van der Waals surface area contributed by atoms with Gasteiger partial charge in [0.05, 0.1) is 6.67 Å². The van der Waals surface area contributed by atoms with Gasteiger partial charge < -0.3 is 10.2 Å². The van der Waals surface area contributed by atoms with Crippen LogP contribution in [0.3, 0.4) is 0 Å². The third-order valence-electron chi connectivity index (χ3n) is 1.98. The van der Waals surface area contributed by atoms with Gasteiger partial charge >= 0.3 is 0 Å². The molecule has 0 aromatic carbocycles. The van der Waals surface area contributed by atoms with Gasteiger partial charge in [-0.3, -0.25) is 10.1 Å². The summed E-state index contributed by atoms with van der Waals surface area (Å²) in [5, 5.41) is 6.19. The SMILES string of the molecule is O=CN1C=CN=C2NCNCC21. The van der Waals surface area contributed by atoms with Crippen molar-refractivity contribution in [2.75, 3.05) is 13.2 Å². The van der Waals surface area contributed by atoms with Crippen LogP contribution in [0.1, 0.15) is 0 Å². The molecule has 0 saturated carbocycles. The van der Waals surface area contributed by atoms with Crippen molar-refractivity contribution in [1.82, 2.24) is 15.5 Å². The first-order valence-corrected chi connectivity index (χ1v) is 3.83. The van der Waals surface area contributed by atoms with Crippen molar-refractivity contribution in [3.05, 3.63) is 12.4 Å². The number of amidine groups is 1. The summed E-state index contributed by atoms with van der Waals surface area (Å²) in [5.74, 6) is 0.864. The lowest BCUT2D eigenvalue weighted by Gasteiger charge is -2.33. The van der Waals surface area contributed by atoms with E-state index in [-0.39, 0.29) is 6.04 Å². The lowest BCUT2D eigenvalue weighted by atomic mass is 10.2. The van der Waals surface area contributed by atoms with Crippen LogP contribution in [0.5, 0.6) is 0 Å². The van der Waals surface area contributed by atoms with Gasteiger partial charge in [-0.2, -0.15) is 0 Å². The monoisotopic (exact) mass is 166 g/mol. The van der Waals surface area contributed by atoms with Crippen molar-refractivity contribution in [2.45, 2.75) is 6.04 Å². The second kappa shape index (κ2) is 2.94. The molecule has 2 aliphatic rings. The van der Waals surface area contributed by atoms with Crippen LogP contribution in [-0.4, -0.2) is 36.4 Å². The summed E-state index contributed by atoms with van der Waals surface area (Å²) in [6.07, 6.45) is 4.11. The molecular formula is C7H10N4O. The molecule has 0 spiro atoms. The summed E-state index contributed by atoms with van der Waals surface area (Å²) < 4.78 is 0. The fraction of sp³-hybridized carbons (Fsp3) is 0.429. The summed E-state index contributed by atoms with van der Waals surface area (Å²) >= 11 is 0. The van der Waals surface area contributed by atoms with Gasteiger partial charge in [0, 0.05) is 18.9 Å². The number of carbonyl (C=O) groups excluding carboxylic acids is 1. The zero-order valence-electron chi connectivity index (χ0n) is 6.53. The van der Waals surface area contributed by atoms with Crippen molar-refractivity contribution in [2.24, 2.45) is 4.99 Å². The van der Waals surface area contributed by atoms with Crippen LogP contribution in [0, 0.1) is 0 Å². The molecule has 1 saturated heterocycles. The molecule has 2 aliphatic heterocycles. The molecule has 0 bridgehead atoms. The first-order chi connectivity index (χ1) is 5.92. The number of fused-ring (bicyclic) bond motifs is 1. The van der Waals surface area contributed by atoms with E-state index in [4.69, 9.17) is 0 Å². The second-order valence-electron chi connectivity index (χ2n) is 2.69. The highest BCUT2D eigenvalue weighted by molar-refractivity contribution is 5.91. The molecule has 2 heterocycles. The van der Waals surface area contributed by atoms with E-state index in [0.29, 0.717) is 0 Å². The zero-order chi connectivity index (χ0) is 8.39. The van der Waals surface area contributed by atoms with E-state index in [9.17, 15) is 4.79 Å². The third-order valence-corrected chi connectivity index (χ3v) is 1.98. The van der Waals surface area contributed by atoms with Crippen LogP contribution in [0.25, 0.3) is 0 Å². The molecule has 0 aliphatic carbocycles. The van der Waals surface area contributed by atoms with Crippen molar-refractivity contribution >= 4 is 12.2 Å². The third kappa shape index (κ3) is 1.08. The lowest BCUT2D eigenvalue weighted by Crippen LogP contribution is -2.58. The Labute approximate surface area is 70.1 Å². The summed E-state index contributed by atoms with van der Waals surface area (Å²) in [6, 6.07) is 0.0428. The number of rotatable bonds is 1. The highest BCUT2D eigenvalue weighted by Gasteiger charge is 2.25. The number of amides is 1. The van der Waals surface area contributed by atoms with Crippen molar-refractivity contribution < 1.29 is 4.79 Å². The maximum absolute atomic E-state index is 10.6. The van der Waals surface area contributed by atoms with E-state index >= 15 is 0 Å². The molecule has 1 fully saturated rings. The lowest BCUT2D eigenvalue weighted by molar-refractivity contribution is -0.116. The quantitative estimate of drug-likeness (QED) is 0.483. The zero-order valence-corrected chi connectivity index (χ0v) is 6.53. The number of hydrogen-bond acceptors (Lipinski definition) is 4. The highest BCUT2D eigenvalue weighted by Crippen LogP contribution is 2.06. The van der Waals surface area contributed by atoms with Crippen LogP contribution >= 0.6 is 0 Å². The van der Waals surface area contributed by atoms with Crippen molar-refractivity contribution in [3.63, 3.8) is 0 Å². The van der Waals surface area contributed by atoms with E-state index in [1.807, 2.05) is 0 Å². The molecule has 12 heavy (non-hydrogen) atoms. The van der Waals surface area contributed by atoms with Gasteiger partial charge in [-0.05, 0) is 0 Å². The first kappa shape index (κ1) is 7.30. The molecule has 64 valence electrons. The van der Waals surface area contributed by atoms with Crippen molar-refractivity contribution in [1.29, 1.82) is 0 Å². The van der Waals surface area contributed by atoms with Crippen LogP contribution in [0.2, 0.25) is 0 Å². The predicted octanol–water partition coefficient (Wildman–Crippen LogP) is -1.15. The topological polar surface area (TPSA) is 56.7 Å². The van der Waals surface area contributed by atoms with Gasteiger partial charge in [-0.25, -0.2) is 4.99 Å². The van der Waals surface area contributed by atoms with E-state index in [0.717, 1.165) is 25.5 Å². The number of carbonyl (C=O) groups is 1. The van der Waals surface area contributed by atoms with Crippen LogP contribution in [0.15, 0.2) is 17.4 Å². The Morgan fingerprint density at radius 2 is 2.67 bits per heavy atom. The second-order valence-corrected chi connectivity index (χ2v) is 2.69. The largest absolute Gasteiger partial charge is 0.359 e. The minimum atomic E-state index is 0.0428. The summed E-state index contributed by atoms with van der Waals surface area (Å²) in [6.45, 7) is 1.48. The standard InChI is InChI=1S/C7H10N4O/c12-5-11-2-1-9-7-6(11)3-8-4-10-7/h1-2,5-6,8H,3-4H2,(H,9,10). The van der Waals surface area contributed by atoms with Crippen molar-refractivity contribution in [3.8, 4) is 0 Å². The van der Waals surface area contributed by atoms with E-state index in [1.165, 1.54) is 0 Å². The molecule has 1 amide bonds. The Kier molecular flexibility index (Phi) is 1.79. The number of hydrogen-bond donors (Lipinski definition) is 2. The number of aliphatic imine (C=N–C) groups is 1. The smallest absolute Gasteiger partial charge is 0.214 e. The van der Waals surface area contributed by atoms with Gasteiger partial charge in [0.25, 0.3) is 0 Å². The minimum absolute atomic E-state index is 0.0428. The first-order valence-electron chi connectivity index (χ1n) is 3.83. The van der Waals surface area contributed by atoms with Gasteiger partial charge in [0.2, 0.25) is 6.41 Å². The van der Waals surface area contributed by atoms with Crippen LogP contribution in [0.4, 0.5) is 0 Å². The maximum Gasteiger partial charge on any atom is 0.214 e. The number of nitrogens with zero attached hydrogens (tertiary/aromatic N) is 2. The molecule has 1 unspecified atom stereocenters. The molecule has 5 heteroatoms. The minimum Gasteiger partial charge on any atom is -0.359 e. The van der Waals surface area contributed by atoms with Gasteiger partial charge in [0.15, 0.2) is 0 Å². The molecule has 5 nitrogen and oxygen atoms in total. The van der Waals surface area contributed by atoms with Crippen LogP contribution < -0.4 is 10.6 Å². The summed E-state index contributed by atoms with van der Waals surface area (Å²) in [4.78, 5) is 16.3. The fourth-order valence-electron chi connectivity index (χ4n) is 1.36. The molecule has 0 radical (unpaired) electrons. The van der Waals surface area contributed by atoms with Gasteiger partial charge in [-0.15, -0.1) is 0 Å².